The lowest BCUT2D eigenvalue weighted by atomic mass is 9.98. The zero-order valence-corrected chi connectivity index (χ0v) is 8.22. The van der Waals surface area contributed by atoms with Gasteiger partial charge in [-0.15, -0.1) is 6.58 Å². The summed E-state index contributed by atoms with van der Waals surface area (Å²) in [4.78, 5) is 11.6. The van der Waals surface area contributed by atoms with Gasteiger partial charge in [0.2, 0.25) is 0 Å². The highest BCUT2D eigenvalue weighted by molar-refractivity contribution is 5.84. The van der Waals surface area contributed by atoms with Crippen molar-refractivity contribution in [3.63, 3.8) is 0 Å². The number of carbonyl (C=O) groups is 1. The molecule has 1 rings (SSSR count). The fraction of sp³-hybridized carbons (Fsp3) is 0.727. The number of nitrogens with one attached hydrogen (secondary N) is 1. The Kier molecular flexibility index (Phi) is 4.76. The molecule has 13 heavy (non-hydrogen) atoms. The normalized spacial score (nSPS) is 22.6. The molecular weight excluding hydrogens is 162 g/mol. The van der Waals surface area contributed by atoms with Crippen molar-refractivity contribution in [1.29, 1.82) is 0 Å². The first-order valence-corrected chi connectivity index (χ1v) is 5.21. The van der Waals surface area contributed by atoms with Gasteiger partial charge in [0.1, 0.15) is 5.78 Å². The second-order valence-electron chi connectivity index (χ2n) is 3.65. The van der Waals surface area contributed by atoms with Crippen molar-refractivity contribution >= 4 is 5.78 Å². The summed E-state index contributed by atoms with van der Waals surface area (Å²) in [6.07, 6.45) is 7.96. The number of carbonyl (C=O) groups excluding carboxylic acids is 1. The van der Waals surface area contributed by atoms with Crippen molar-refractivity contribution in [2.45, 2.75) is 44.6 Å². The van der Waals surface area contributed by atoms with E-state index >= 15 is 0 Å². The molecule has 2 nitrogen and oxygen atoms in total. The number of rotatable bonds is 5. The molecule has 0 radical (unpaired) electrons. The molecular formula is C11H19NO. The second-order valence-corrected chi connectivity index (χ2v) is 3.65. The Hall–Kier alpha value is -0.630. The van der Waals surface area contributed by atoms with E-state index < -0.39 is 0 Å². The van der Waals surface area contributed by atoms with Crippen molar-refractivity contribution in [3.8, 4) is 0 Å². The van der Waals surface area contributed by atoms with Gasteiger partial charge in [0.05, 0.1) is 6.04 Å². The summed E-state index contributed by atoms with van der Waals surface area (Å²) in [6.45, 7) is 4.65. The van der Waals surface area contributed by atoms with Gasteiger partial charge in [-0.25, -0.2) is 0 Å². The van der Waals surface area contributed by atoms with Crippen LogP contribution < -0.4 is 5.32 Å². The highest BCUT2D eigenvalue weighted by Gasteiger charge is 2.19. The molecule has 1 saturated heterocycles. The summed E-state index contributed by atoms with van der Waals surface area (Å²) >= 11 is 0. The van der Waals surface area contributed by atoms with Gasteiger partial charge in [0, 0.05) is 6.42 Å². The molecule has 1 fully saturated rings. The van der Waals surface area contributed by atoms with E-state index in [9.17, 15) is 4.79 Å². The highest BCUT2D eigenvalue weighted by Crippen LogP contribution is 2.10. The maximum atomic E-state index is 11.6. The van der Waals surface area contributed by atoms with Crippen LogP contribution in [0.5, 0.6) is 0 Å². The largest absolute Gasteiger partial charge is 0.307 e. The van der Waals surface area contributed by atoms with Gasteiger partial charge in [-0.05, 0) is 32.2 Å². The van der Waals surface area contributed by atoms with Crippen LogP contribution in [0, 0.1) is 0 Å². The fourth-order valence-corrected chi connectivity index (χ4v) is 1.72. The zero-order chi connectivity index (χ0) is 9.52. The number of Topliss-reactive ketones (excluding diaryl/α,β-unsaturated/α-hetero) is 1. The minimum Gasteiger partial charge on any atom is -0.307 e. The summed E-state index contributed by atoms with van der Waals surface area (Å²) in [5, 5.41) is 3.27. The Morgan fingerprint density at radius 2 is 2.38 bits per heavy atom. The lowest BCUT2D eigenvalue weighted by Crippen LogP contribution is -2.40. The van der Waals surface area contributed by atoms with Crippen molar-refractivity contribution in [2.75, 3.05) is 6.54 Å². The van der Waals surface area contributed by atoms with E-state index in [1.54, 1.807) is 0 Å². The molecule has 0 spiro atoms. The number of ketones is 1. The van der Waals surface area contributed by atoms with Crippen LogP contribution in [-0.2, 0) is 4.79 Å². The van der Waals surface area contributed by atoms with Gasteiger partial charge in [-0.1, -0.05) is 12.5 Å². The van der Waals surface area contributed by atoms with E-state index in [4.69, 9.17) is 0 Å². The minimum absolute atomic E-state index is 0.151. The molecule has 0 saturated carbocycles. The molecule has 0 aromatic rings. The first kappa shape index (κ1) is 10.5. The quantitative estimate of drug-likeness (QED) is 0.519. The molecule has 0 amide bonds. The monoisotopic (exact) mass is 181 g/mol. The van der Waals surface area contributed by atoms with Crippen molar-refractivity contribution in [3.05, 3.63) is 12.7 Å². The number of hydrogen-bond donors (Lipinski definition) is 1. The van der Waals surface area contributed by atoms with Crippen LogP contribution in [0.25, 0.3) is 0 Å². The molecule has 1 heterocycles. The van der Waals surface area contributed by atoms with Crippen molar-refractivity contribution in [1.82, 2.24) is 5.32 Å². The summed E-state index contributed by atoms with van der Waals surface area (Å²) in [5.41, 5.74) is 0. The Morgan fingerprint density at radius 3 is 3.00 bits per heavy atom. The number of allylic oxidation sites excluding steroid dienone is 1. The van der Waals surface area contributed by atoms with Crippen LogP contribution in [0.4, 0.5) is 0 Å². The summed E-state index contributed by atoms with van der Waals surface area (Å²) in [5.74, 6) is 0.390. The topological polar surface area (TPSA) is 29.1 Å². The molecule has 1 atom stereocenters. The SMILES string of the molecule is C=CCCCC(=O)C1CCCCN1. The molecule has 0 aromatic carbocycles. The number of piperidine rings is 1. The third-order valence-electron chi connectivity index (χ3n) is 2.53. The average molecular weight is 181 g/mol. The summed E-state index contributed by atoms with van der Waals surface area (Å²) in [6, 6.07) is 0.151. The van der Waals surface area contributed by atoms with E-state index in [2.05, 4.69) is 11.9 Å². The Balaban J connectivity index is 2.17. The lowest BCUT2D eigenvalue weighted by molar-refractivity contribution is -0.121. The Morgan fingerprint density at radius 1 is 1.54 bits per heavy atom. The lowest BCUT2D eigenvalue weighted by Gasteiger charge is -2.21. The number of hydrogen-bond acceptors (Lipinski definition) is 2. The first-order chi connectivity index (χ1) is 6.34. The van der Waals surface area contributed by atoms with Gasteiger partial charge in [-0.3, -0.25) is 4.79 Å². The minimum atomic E-state index is 0.151. The Bertz CT molecular complexity index is 171. The van der Waals surface area contributed by atoms with E-state index in [1.807, 2.05) is 6.08 Å². The third kappa shape index (κ3) is 3.73. The van der Waals surface area contributed by atoms with Crippen LogP contribution in [0.2, 0.25) is 0 Å². The molecule has 2 heteroatoms. The molecule has 0 bridgehead atoms. The van der Waals surface area contributed by atoms with E-state index in [-0.39, 0.29) is 6.04 Å². The summed E-state index contributed by atoms with van der Waals surface area (Å²) < 4.78 is 0. The molecule has 1 aliphatic rings. The molecule has 1 aliphatic heterocycles. The third-order valence-corrected chi connectivity index (χ3v) is 2.53. The smallest absolute Gasteiger partial charge is 0.149 e. The maximum Gasteiger partial charge on any atom is 0.149 e. The van der Waals surface area contributed by atoms with Gasteiger partial charge < -0.3 is 5.32 Å². The van der Waals surface area contributed by atoms with Crippen LogP contribution in [0.15, 0.2) is 12.7 Å². The Labute approximate surface area is 80.4 Å². The maximum absolute atomic E-state index is 11.6. The van der Waals surface area contributed by atoms with E-state index in [1.165, 1.54) is 12.8 Å². The highest BCUT2D eigenvalue weighted by atomic mass is 16.1. The zero-order valence-electron chi connectivity index (χ0n) is 8.22. The van der Waals surface area contributed by atoms with Gasteiger partial charge in [-0.2, -0.15) is 0 Å². The molecule has 1 unspecified atom stereocenters. The van der Waals surface area contributed by atoms with Crippen LogP contribution >= 0.6 is 0 Å². The van der Waals surface area contributed by atoms with Gasteiger partial charge in [0.15, 0.2) is 0 Å². The first-order valence-electron chi connectivity index (χ1n) is 5.21. The van der Waals surface area contributed by atoms with E-state index in [0.29, 0.717) is 12.2 Å². The molecule has 0 aliphatic carbocycles. The van der Waals surface area contributed by atoms with Crippen LogP contribution in [0.1, 0.15) is 38.5 Å². The molecule has 74 valence electrons. The average Bonchev–Trinajstić information content (AvgIpc) is 2.19. The van der Waals surface area contributed by atoms with Gasteiger partial charge >= 0.3 is 0 Å². The van der Waals surface area contributed by atoms with Crippen LogP contribution in [-0.4, -0.2) is 18.4 Å². The second kappa shape index (κ2) is 5.92. The molecule has 0 aromatic heterocycles. The van der Waals surface area contributed by atoms with Gasteiger partial charge in [0.25, 0.3) is 0 Å². The van der Waals surface area contributed by atoms with Crippen molar-refractivity contribution < 1.29 is 4.79 Å². The fourth-order valence-electron chi connectivity index (χ4n) is 1.72. The molecule has 1 N–H and O–H groups in total. The standard InChI is InChI=1S/C11H19NO/c1-2-3-4-8-11(13)10-7-5-6-9-12-10/h2,10,12H,1,3-9H2. The summed E-state index contributed by atoms with van der Waals surface area (Å²) in [7, 11) is 0. The van der Waals surface area contributed by atoms with Crippen molar-refractivity contribution in [2.24, 2.45) is 0 Å². The van der Waals surface area contributed by atoms with E-state index in [0.717, 1.165) is 25.8 Å². The predicted octanol–water partition coefficient (Wildman–Crippen LogP) is 2.05. The van der Waals surface area contributed by atoms with Crippen LogP contribution in [0.3, 0.4) is 0 Å². The number of unbranched alkanes of at least 4 members (excludes halogenated alkanes) is 1. The predicted molar refractivity (Wildman–Crippen MR) is 54.7 cm³/mol.